The summed E-state index contributed by atoms with van der Waals surface area (Å²) in [5, 5.41) is 5.81. The molecule has 1 aliphatic rings. The number of rotatable bonds is 8. The standard InChI is InChI=1S/C18H23NOS/c1-2-11-19-18(13-17-4-3-12-21-17)14-5-7-15(8-6-14)20-16-9-10-16/h3-8,12,16,18-19H,2,9-11,13H2,1H3. The normalized spacial score (nSPS) is 15.9. The van der Waals surface area contributed by atoms with Crippen molar-refractivity contribution in [3.05, 3.63) is 52.2 Å². The highest BCUT2D eigenvalue weighted by Gasteiger charge is 2.23. The molecule has 0 bridgehead atoms. The van der Waals surface area contributed by atoms with Gasteiger partial charge >= 0.3 is 0 Å². The van der Waals surface area contributed by atoms with Crippen LogP contribution in [-0.4, -0.2) is 12.6 Å². The van der Waals surface area contributed by atoms with Crippen molar-refractivity contribution in [2.24, 2.45) is 0 Å². The molecule has 3 rings (SSSR count). The molecule has 1 fully saturated rings. The van der Waals surface area contributed by atoms with E-state index in [0.717, 1.165) is 25.1 Å². The Hall–Kier alpha value is -1.32. The maximum absolute atomic E-state index is 5.83. The number of benzene rings is 1. The Balaban J connectivity index is 1.68. The summed E-state index contributed by atoms with van der Waals surface area (Å²) in [4.78, 5) is 1.43. The van der Waals surface area contributed by atoms with Gasteiger partial charge in [0, 0.05) is 17.3 Å². The van der Waals surface area contributed by atoms with Crippen molar-refractivity contribution in [3.63, 3.8) is 0 Å². The molecule has 3 heteroatoms. The third-order valence-electron chi connectivity index (χ3n) is 3.74. The van der Waals surface area contributed by atoms with Crippen LogP contribution in [0.15, 0.2) is 41.8 Å². The summed E-state index contributed by atoms with van der Waals surface area (Å²) in [6.07, 6.45) is 5.10. The molecule has 2 nitrogen and oxygen atoms in total. The van der Waals surface area contributed by atoms with Crippen molar-refractivity contribution in [1.29, 1.82) is 0 Å². The third-order valence-corrected chi connectivity index (χ3v) is 4.63. The molecule has 1 saturated carbocycles. The summed E-state index contributed by atoms with van der Waals surface area (Å²) >= 11 is 1.83. The number of hydrogen-bond donors (Lipinski definition) is 1. The largest absolute Gasteiger partial charge is 0.490 e. The zero-order valence-electron chi connectivity index (χ0n) is 12.5. The smallest absolute Gasteiger partial charge is 0.119 e. The average molecular weight is 301 g/mol. The zero-order chi connectivity index (χ0) is 14.5. The second kappa shape index (κ2) is 7.10. The molecule has 1 unspecified atom stereocenters. The summed E-state index contributed by atoms with van der Waals surface area (Å²) in [5.41, 5.74) is 1.35. The Morgan fingerprint density at radius 3 is 2.67 bits per heavy atom. The molecule has 1 heterocycles. The van der Waals surface area contributed by atoms with Gasteiger partial charge in [-0.3, -0.25) is 0 Å². The van der Waals surface area contributed by atoms with E-state index >= 15 is 0 Å². The first kappa shape index (κ1) is 14.6. The minimum Gasteiger partial charge on any atom is -0.490 e. The first-order valence-electron chi connectivity index (χ1n) is 7.87. The fourth-order valence-corrected chi connectivity index (χ4v) is 3.17. The fraction of sp³-hybridized carbons (Fsp3) is 0.444. The van der Waals surface area contributed by atoms with Gasteiger partial charge in [-0.25, -0.2) is 0 Å². The van der Waals surface area contributed by atoms with Gasteiger partial charge in [0.25, 0.3) is 0 Å². The van der Waals surface area contributed by atoms with E-state index in [1.165, 1.54) is 23.3 Å². The van der Waals surface area contributed by atoms with Crippen LogP contribution in [0.4, 0.5) is 0 Å². The Kier molecular flexibility index (Phi) is 4.94. The van der Waals surface area contributed by atoms with E-state index in [-0.39, 0.29) is 0 Å². The Labute approximate surface area is 131 Å². The SMILES string of the molecule is CCCNC(Cc1cccs1)c1ccc(OC2CC2)cc1. The first-order chi connectivity index (χ1) is 10.3. The molecule has 112 valence electrons. The number of ether oxygens (including phenoxy) is 1. The summed E-state index contributed by atoms with van der Waals surface area (Å²) in [6.45, 7) is 3.26. The van der Waals surface area contributed by atoms with Crippen LogP contribution in [-0.2, 0) is 6.42 Å². The summed E-state index contributed by atoms with van der Waals surface area (Å²) in [5.74, 6) is 1.01. The van der Waals surface area contributed by atoms with Gasteiger partial charge in [-0.05, 0) is 54.9 Å². The van der Waals surface area contributed by atoms with Gasteiger partial charge in [-0.15, -0.1) is 11.3 Å². The van der Waals surface area contributed by atoms with Crippen LogP contribution >= 0.6 is 11.3 Å². The van der Waals surface area contributed by atoms with E-state index in [4.69, 9.17) is 4.74 Å². The van der Waals surface area contributed by atoms with Crippen molar-refractivity contribution >= 4 is 11.3 Å². The molecule has 0 spiro atoms. The Morgan fingerprint density at radius 2 is 2.05 bits per heavy atom. The molecule has 1 aromatic heterocycles. The van der Waals surface area contributed by atoms with Gasteiger partial charge in [0.05, 0.1) is 6.10 Å². The van der Waals surface area contributed by atoms with Crippen LogP contribution in [0.3, 0.4) is 0 Å². The lowest BCUT2D eigenvalue weighted by Gasteiger charge is -2.19. The highest BCUT2D eigenvalue weighted by Crippen LogP contribution is 2.28. The first-order valence-corrected chi connectivity index (χ1v) is 8.75. The van der Waals surface area contributed by atoms with Crippen LogP contribution in [0, 0.1) is 0 Å². The second-order valence-electron chi connectivity index (χ2n) is 5.68. The van der Waals surface area contributed by atoms with E-state index in [1.54, 1.807) is 0 Å². The van der Waals surface area contributed by atoms with Crippen LogP contribution in [0.2, 0.25) is 0 Å². The predicted molar refractivity (Wildman–Crippen MR) is 89.1 cm³/mol. The quantitative estimate of drug-likeness (QED) is 0.771. The van der Waals surface area contributed by atoms with Gasteiger partial charge in [0.15, 0.2) is 0 Å². The van der Waals surface area contributed by atoms with Crippen molar-refractivity contribution < 1.29 is 4.74 Å². The van der Waals surface area contributed by atoms with E-state index in [0.29, 0.717) is 12.1 Å². The summed E-state index contributed by atoms with van der Waals surface area (Å²) in [6, 6.07) is 13.4. The molecule has 0 saturated heterocycles. The van der Waals surface area contributed by atoms with Gasteiger partial charge < -0.3 is 10.1 Å². The fourth-order valence-electron chi connectivity index (χ4n) is 2.41. The van der Waals surface area contributed by atoms with Crippen molar-refractivity contribution in [2.75, 3.05) is 6.54 Å². The van der Waals surface area contributed by atoms with E-state index < -0.39 is 0 Å². The van der Waals surface area contributed by atoms with E-state index in [1.807, 2.05) is 11.3 Å². The lowest BCUT2D eigenvalue weighted by Crippen LogP contribution is -2.23. The number of hydrogen-bond acceptors (Lipinski definition) is 3. The predicted octanol–water partition coefficient (Wildman–Crippen LogP) is 4.57. The monoisotopic (exact) mass is 301 g/mol. The molecule has 1 N–H and O–H groups in total. The zero-order valence-corrected chi connectivity index (χ0v) is 13.4. The highest BCUT2D eigenvalue weighted by molar-refractivity contribution is 7.09. The maximum Gasteiger partial charge on any atom is 0.119 e. The molecule has 0 aliphatic heterocycles. The Morgan fingerprint density at radius 1 is 1.24 bits per heavy atom. The van der Waals surface area contributed by atoms with Gasteiger partial charge in [-0.1, -0.05) is 25.1 Å². The van der Waals surface area contributed by atoms with Crippen molar-refractivity contribution in [3.8, 4) is 5.75 Å². The number of thiophene rings is 1. The molecule has 2 aromatic rings. The van der Waals surface area contributed by atoms with Crippen LogP contribution < -0.4 is 10.1 Å². The minimum atomic E-state index is 0.388. The van der Waals surface area contributed by atoms with Crippen LogP contribution in [0.1, 0.15) is 42.7 Å². The lowest BCUT2D eigenvalue weighted by molar-refractivity contribution is 0.303. The third kappa shape index (κ3) is 4.32. The number of nitrogens with one attached hydrogen (secondary N) is 1. The second-order valence-corrected chi connectivity index (χ2v) is 6.71. The topological polar surface area (TPSA) is 21.3 Å². The van der Waals surface area contributed by atoms with Crippen molar-refractivity contribution in [1.82, 2.24) is 5.32 Å². The summed E-state index contributed by atoms with van der Waals surface area (Å²) < 4.78 is 5.83. The Bertz CT molecular complexity index is 531. The molecule has 21 heavy (non-hydrogen) atoms. The molecule has 0 amide bonds. The molecule has 0 radical (unpaired) electrons. The maximum atomic E-state index is 5.83. The molecule has 1 atom stereocenters. The van der Waals surface area contributed by atoms with Crippen molar-refractivity contribution in [2.45, 2.75) is 44.8 Å². The lowest BCUT2D eigenvalue weighted by atomic mass is 10.0. The van der Waals surface area contributed by atoms with Crippen LogP contribution in [0.25, 0.3) is 0 Å². The van der Waals surface area contributed by atoms with Gasteiger partial charge in [-0.2, -0.15) is 0 Å². The van der Waals surface area contributed by atoms with E-state index in [2.05, 4.69) is 54.0 Å². The van der Waals surface area contributed by atoms with Gasteiger partial charge in [0.2, 0.25) is 0 Å². The van der Waals surface area contributed by atoms with E-state index in [9.17, 15) is 0 Å². The molecule has 1 aromatic carbocycles. The minimum absolute atomic E-state index is 0.388. The molecule has 1 aliphatic carbocycles. The summed E-state index contributed by atoms with van der Waals surface area (Å²) in [7, 11) is 0. The average Bonchev–Trinajstić information content (AvgIpc) is 3.17. The molecular formula is C18H23NOS. The molecular weight excluding hydrogens is 278 g/mol. The van der Waals surface area contributed by atoms with Crippen LogP contribution in [0.5, 0.6) is 5.75 Å². The van der Waals surface area contributed by atoms with Gasteiger partial charge in [0.1, 0.15) is 5.75 Å². The highest BCUT2D eigenvalue weighted by atomic mass is 32.1.